The van der Waals surface area contributed by atoms with Crippen molar-refractivity contribution in [1.29, 1.82) is 0 Å². The van der Waals surface area contributed by atoms with E-state index in [0.717, 1.165) is 6.54 Å². The number of hydrogen-bond donors (Lipinski definition) is 1. The van der Waals surface area contributed by atoms with E-state index >= 15 is 0 Å². The number of aliphatic imine (C=N–C) groups is 1. The van der Waals surface area contributed by atoms with E-state index in [9.17, 15) is 0 Å². The van der Waals surface area contributed by atoms with Crippen molar-refractivity contribution < 1.29 is 0 Å². The number of guanidine groups is 1. The van der Waals surface area contributed by atoms with Crippen LogP contribution in [0.2, 0.25) is 0 Å². The number of nitrogens with zero attached hydrogens (tertiary/aromatic N) is 4. The highest BCUT2D eigenvalue weighted by molar-refractivity contribution is 5.80. The van der Waals surface area contributed by atoms with E-state index in [4.69, 9.17) is 5.73 Å². The summed E-state index contributed by atoms with van der Waals surface area (Å²) in [5.41, 5.74) is 6.92. The van der Waals surface area contributed by atoms with Gasteiger partial charge < -0.3 is 15.2 Å². The van der Waals surface area contributed by atoms with Crippen LogP contribution in [0.25, 0.3) is 0 Å². The van der Waals surface area contributed by atoms with Gasteiger partial charge in [0.15, 0.2) is 5.96 Å². The van der Waals surface area contributed by atoms with E-state index in [2.05, 4.69) is 28.4 Å². The van der Waals surface area contributed by atoms with Crippen LogP contribution in [0.5, 0.6) is 0 Å². The predicted molar refractivity (Wildman–Crippen MR) is 59.6 cm³/mol. The number of hydrogen-bond acceptors (Lipinski definition) is 4. The van der Waals surface area contributed by atoms with Crippen molar-refractivity contribution >= 4 is 5.96 Å². The Morgan fingerprint density at radius 1 is 1.53 bits per heavy atom. The lowest BCUT2D eigenvalue weighted by Crippen LogP contribution is -2.33. The van der Waals surface area contributed by atoms with Crippen LogP contribution in [0.3, 0.4) is 0 Å². The van der Waals surface area contributed by atoms with Crippen molar-refractivity contribution in [2.75, 3.05) is 13.6 Å². The first kappa shape index (κ1) is 10.0. The second-order valence-electron chi connectivity index (χ2n) is 4.15. The van der Waals surface area contributed by atoms with Crippen molar-refractivity contribution in [2.45, 2.75) is 25.9 Å². The smallest absolute Gasteiger partial charge is 0.191 e. The molecule has 0 aliphatic carbocycles. The van der Waals surface area contributed by atoms with Gasteiger partial charge in [0, 0.05) is 13.1 Å². The number of rotatable bonds is 2. The van der Waals surface area contributed by atoms with E-state index in [-0.39, 0.29) is 6.04 Å². The Bertz CT molecular complexity index is 379. The minimum Gasteiger partial charge on any atom is -0.370 e. The summed E-state index contributed by atoms with van der Waals surface area (Å²) in [7, 11) is 1.97. The zero-order chi connectivity index (χ0) is 11.0. The van der Waals surface area contributed by atoms with Gasteiger partial charge in [0.25, 0.3) is 0 Å². The molecular formula is C10H17N5. The van der Waals surface area contributed by atoms with Crippen molar-refractivity contribution in [3.05, 3.63) is 18.2 Å². The largest absolute Gasteiger partial charge is 0.370 e. The van der Waals surface area contributed by atoms with Crippen LogP contribution in [0, 0.1) is 0 Å². The Morgan fingerprint density at radius 2 is 2.27 bits per heavy atom. The highest BCUT2D eigenvalue weighted by Crippen LogP contribution is 2.25. The summed E-state index contributed by atoms with van der Waals surface area (Å²) in [6.07, 6.45) is 3.76. The molecule has 2 heterocycles. The van der Waals surface area contributed by atoms with Crippen LogP contribution in [0.1, 0.15) is 31.6 Å². The molecule has 0 saturated heterocycles. The molecule has 0 fully saturated rings. The minimum absolute atomic E-state index is 0.231. The van der Waals surface area contributed by atoms with Crippen LogP contribution in [0.4, 0.5) is 0 Å². The summed E-state index contributed by atoms with van der Waals surface area (Å²) < 4.78 is 2.16. The second-order valence-corrected chi connectivity index (χ2v) is 4.15. The molecule has 0 bridgehead atoms. The summed E-state index contributed by atoms with van der Waals surface area (Å²) >= 11 is 0. The zero-order valence-electron chi connectivity index (χ0n) is 9.38. The van der Waals surface area contributed by atoms with Gasteiger partial charge in [0.2, 0.25) is 0 Å². The van der Waals surface area contributed by atoms with Crippen LogP contribution in [-0.2, 0) is 0 Å². The SMILES string of the molecule is CC(C)n1cncc1C1CN=C(N)N1C. The van der Waals surface area contributed by atoms with Crippen LogP contribution < -0.4 is 5.73 Å². The molecule has 1 aromatic heterocycles. The van der Waals surface area contributed by atoms with Crippen molar-refractivity contribution in [3.8, 4) is 0 Å². The van der Waals surface area contributed by atoms with Gasteiger partial charge in [-0.05, 0) is 13.8 Å². The van der Waals surface area contributed by atoms with Gasteiger partial charge in [-0.3, -0.25) is 4.99 Å². The van der Waals surface area contributed by atoms with Crippen molar-refractivity contribution in [2.24, 2.45) is 10.7 Å². The Kier molecular flexibility index (Phi) is 2.38. The summed E-state index contributed by atoms with van der Waals surface area (Å²) in [5.74, 6) is 0.608. The third-order valence-electron chi connectivity index (χ3n) is 2.85. The Labute approximate surface area is 89.6 Å². The number of nitrogens with two attached hydrogens (primary N) is 1. The van der Waals surface area contributed by atoms with Gasteiger partial charge in [0.05, 0.1) is 30.8 Å². The molecule has 0 radical (unpaired) electrons. The molecule has 5 nitrogen and oxygen atoms in total. The standard InChI is InChI=1S/C10H17N5/c1-7(2)15-6-12-4-9(15)8-5-13-10(11)14(8)3/h4,6-8H,5H2,1-3H3,(H2,11,13). The summed E-state index contributed by atoms with van der Waals surface area (Å²) in [5, 5.41) is 0. The fourth-order valence-electron chi connectivity index (χ4n) is 1.87. The second kappa shape index (κ2) is 3.56. The zero-order valence-corrected chi connectivity index (χ0v) is 9.38. The number of imidazole rings is 1. The summed E-state index contributed by atoms with van der Waals surface area (Å²) in [4.78, 5) is 10.4. The lowest BCUT2D eigenvalue weighted by molar-refractivity contribution is 0.384. The average molecular weight is 207 g/mol. The Morgan fingerprint density at radius 3 is 2.80 bits per heavy atom. The highest BCUT2D eigenvalue weighted by Gasteiger charge is 2.27. The molecule has 1 aliphatic heterocycles. The topological polar surface area (TPSA) is 59.4 Å². The quantitative estimate of drug-likeness (QED) is 0.779. The van der Waals surface area contributed by atoms with Gasteiger partial charge in [-0.1, -0.05) is 0 Å². The summed E-state index contributed by atoms with van der Waals surface area (Å²) in [6.45, 7) is 5.01. The lowest BCUT2D eigenvalue weighted by atomic mass is 10.2. The third-order valence-corrected chi connectivity index (χ3v) is 2.85. The van der Waals surface area contributed by atoms with Crippen LogP contribution >= 0.6 is 0 Å². The van der Waals surface area contributed by atoms with E-state index < -0.39 is 0 Å². The van der Waals surface area contributed by atoms with E-state index in [0.29, 0.717) is 12.0 Å². The Balaban J connectivity index is 2.28. The number of aromatic nitrogens is 2. The molecular weight excluding hydrogens is 190 g/mol. The molecule has 0 aromatic carbocycles. The predicted octanol–water partition coefficient (Wildman–Crippen LogP) is 0.765. The van der Waals surface area contributed by atoms with Crippen LogP contribution in [-0.4, -0.2) is 34.0 Å². The van der Waals surface area contributed by atoms with Gasteiger partial charge in [-0.25, -0.2) is 4.98 Å². The van der Waals surface area contributed by atoms with Crippen molar-refractivity contribution in [3.63, 3.8) is 0 Å². The normalized spacial score (nSPS) is 21.2. The van der Waals surface area contributed by atoms with E-state index in [1.807, 2.05) is 24.5 Å². The molecule has 1 aliphatic rings. The first-order valence-electron chi connectivity index (χ1n) is 5.15. The highest BCUT2D eigenvalue weighted by atomic mass is 15.3. The molecule has 2 rings (SSSR count). The molecule has 0 spiro atoms. The Hall–Kier alpha value is -1.52. The van der Waals surface area contributed by atoms with Gasteiger partial charge in [-0.2, -0.15) is 0 Å². The summed E-state index contributed by atoms with van der Waals surface area (Å²) in [6, 6.07) is 0.646. The maximum atomic E-state index is 5.75. The molecule has 0 saturated carbocycles. The monoisotopic (exact) mass is 207 g/mol. The van der Waals surface area contributed by atoms with Crippen molar-refractivity contribution in [1.82, 2.24) is 14.5 Å². The molecule has 82 valence electrons. The molecule has 5 heteroatoms. The fourth-order valence-corrected chi connectivity index (χ4v) is 1.87. The van der Waals surface area contributed by atoms with E-state index in [1.54, 1.807) is 0 Å². The van der Waals surface area contributed by atoms with Gasteiger partial charge in [-0.15, -0.1) is 0 Å². The lowest BCUT2D eigenvalue weighted by Gasteiger charge is -2.23. The molecule has 2 N–H and O–H groups in total. The molecule has 1 unspecified atom stereocenters. The molecule has 15 heavy (non-hydrogen) atoms. The third kappa shape index (κ3) is 1.58. The maximum Gasteiger partial charge on any atom is 0.191 e. The first-order valence-corrected chi connectivity index (χ1v) is 5.15. The molecule has 1 aromatic rings. The average Bonchev–Trinajstić information content (AvgIpc) is 2.75. The molecule has 1 atom stereocenters. The number of likely N-dealkylation sites (N-methyl/N-ethyl adjacent to an activating group) is 1. The van der Waals surface area contributed by atoms with E-state index in [1.165, 1.54) is 5.69 Å². The van der Waals surface area contributed by atoms with Gasteiger partial charge in [0.1, 0.15) is 0 Å². The minimum atomic E-state index is 0.231. The molecule has 0 amide bonds. The maximum absolute atomic E-state index is 5.75. The fraction of sp³-hybridized carbons (Fsp3) is 0.600. The first-order chi connectivity index (χ1) is 7.11. The van der Waals surface area contributed by atoms with Crippen LogP contribution in [0.15, 0.2) is 17.5 Å². The van der Waals surface area contributed by atoms with Gasteiger partial charge >= 0.3 is 0 Å².